The van der Waals surface area contributed by atoms with E-state index in [0.717, 1.165) is 44.2 Å². The number of methoxy groups -OCH3 is 1. The molecule has 1 saturated heterocycles. The number of hydrogen-bond donors (Lipinski definition) is 2. The van der Waals surface area contributed by atoms with E-state index in [0.29, 0.717) is 55.9 Å². The quantitative estimate of drug-likeness (QED) is 0.503. The van der Waals surface area contributed by atoms with E-state index in [2.05, 4.69) is 10.6 Å². The van der Waals surface area contributed by atoms with Crippen LogP contribution in [0.4, 0.5) is 8.78 Å². The molecule has 1 aliphatic carbocycles. The summed E-state index contributed by atoms with van der Waals surface area (Å²) in [5.74, 6) is -2.43. The van der Waals surface area contributed by atoms with Crippen LogP contribution in [0.5, 0.6) is 0 Å². The molecular weight excluding hydrogens is 508 g/mol. The van der Waals surface area contributed by atoms with Gasteiger partial charge in [0.15, 0.2) is 11.6 Å². The van der Waals surface area contributed by atoms with Gasteiger partial charge < -0.3 is 29.7 Å². The lowest BCUT2D eigenvalue weighted by molar-refractivity contribution is -0.140. The van der Waals surface area contributed by atoms with Crippen LogP contribution in [0.2, 0.25) is 0 Å². The zero-order valence-corrected chi connectivity index (χ0v) is 23.0. The molecule has 1 aromatic carbocycles. The van der Waals surface area contributed by atoms with E-state index in [4.69, 9.17) is 4.74 Å². The molecule has 214 valence electrons. The number of amides is 3. The summed E-state index contributed by atoms with van der Waals surface area (Å²) >= 11 is 0. The molecule has 0 bridgehead atoms. The summed E-state index contributed by atoms with van der Waals surface area (Å²) < 4.78 is 34.7. The van der Waals surface area contributed by atoms with Crippen molar-refractivity contribution < 1.29 is 27.9 Å². The Bertz CT molecular complexity index is 1190. The molecule has 9 nitrogen and oxygen atoms in total. The van der Waals surface area contributed by atoms with Gasteiger partial charge in [0.1, 0.15) is 11.7 Å². The minimum absolute atomic E-state index is 0.0937. The Labute approximate surface area is 227 Å². The normalized spacial score (nSPS) is 18.3. The number of ether oxygens (including phenoxy) is 1. The van der Waals surface area contributed by atoms with E-state index in [1.807, 2.05) is 0 Å². The second-order valence-electron chi connectivity index (χ2n) is 10.5. The number of nitrogens with one attached hydrogen (secondary N) is 2. The highest BCUT2D eigenvalue weighted by molar-refractivity contribution is 5.99. The molecular formula is C28H39F2N5O4. The van der Waals surface area contributed by atoms with Crippen LogP contribution in [0.3, 0.4) is 0 Å². The summed E-state index contributed by atoms with van der Waals surface area (Å²) in [5, 5.41) is 6.36. The van der Waals surface area contributed by atoms with E-state index in [9.17, 15) is 23.2 Å². The Hall–Kier alpha value is -3.05. The molecule has 2 heterocycles. The van der Waals surface area contributed by atoms with Crippen molar-refractivity contribution in [2.24, 2.45) is 5.92 Å². The van der Waals surface area contributed by atoms with Gasteiger partial charge in [-0.05, 0) is 44.9 Å². The van der Waals surface area contributed by atoms with Gasteiger partial charge in [0.25, 0.3) is 5.91 Å². The van der Waals surface area contributed by atoms with Gasteiger partial charge in [-0.3, -0.25) is 14.4 Å². The van der Waals surface area contributed by atoms with Gasteiger partial charge in [-0.1, -0.05) is 19.3 Å². The lowest BCUT2D eigenvalue weighted by Crippen LogP contribution is -2.59. The predicted octanol–water partition coefficient (Wildman–Crippen LogP) is 2.52. The average Bonchev–Trinajstić information content (AvgIpc) is 3.30. The molecule has 0 spiro atoms. The molecule has 39 heavy (non-hydrogen) atoms. The van der Waals surface area contributed by atoms with Crippen LogP contribution in [-0.4, -0.2) is 91.1 Å². The van der Waals surface area contributed by atoms with Gasteiger partial charge >= 0.3 is 0 Å². The number of aromatic nitrogens is 1. The van der Waals surface area contributed by atoms with Crippen LogP contribution in [0.25, 0.3) is 10.9 Å². The number of fused-ring (bicyclic) bond motifs is 1. The van der Waals surface area contributed by atoms with Crippen molar-refractivity contribution in [3.8, 4) is 0 Å². The van der Waals surface area contributed by atoms with Gasteiger partial charge in [0.05, 0.1) is 18.2 Å². The molecule has 1 unspecified atom stereocenters. The Morgan fingerprint density at radius 1 is 1.00 bits per heavy atom. The molecule has 2 aliphatic rings. The first kappa shape index (κ1) is 28.9. The van der Waals surface area contributed by atoms with Gasteiger partial charge in [0, 0.05) is 51.3 Å². The largest absolute Gasteiger partial charge is 0.383 e. The number of rotatable bonds is 9. The third-order valence-corrected chi connectivity index (χ3v) is 8.07. The summed E-state index contributed by atoms with van der Waals surface area (Å²) in [6, 6.07) is 2.77. The third-order valence-electron chi connectivity index (χ3n) is 8.07. The molecule has 1 aliphatic heterocycles. The lowest BCUT2D eigenvalue weighted by atomic mass is 9.83. The van der Waals surface area contributed by atoms with Crippen LogP contribution >= 0.6 is 0 Å². The highest BCUT2D eigenvalue weighted by Crippen LogP contribution is 2.28. The molecule has 4 rings (SSSR count). The molecule has 1 aromatic heterocycles. The maximum Gasteiger partial charge on any atom is 0.270 e. The molecule has 3 amide bonds. The van der Waals surface area contributed by atoms with Crippen molar-refractivity contribution in [2.45, 2.75) is 57.7 Å². The summed E-state index contributed by atoms with van der Waals surface area (Å²) in [6.45, 7) is 3.68. The SMILES string of the molecule is CN[C@@H](C)C(=O)NC(C(=O)N1CCN(C(=O)c2cc3cc(F)c(F)cc3n2CCOC)CC1)C1CCCCC1. The standard InChI is InChI=1S/C28H39F2N5O4/c1-18(31-2)26(36)32-25(19-7-5-4-6-8-19)28(38)34-11-9-33(10-12-34)27(37)24-16-20-15-21(29)22(30)17-23(20)35(24)13-14-39-3/h15-19,25,31H,4-14H2,1-3H3,(H,32,36)/t18-,25?/m0/s1. The van der Waals surface area contributed by atoms with Gasteiger partial charge in [-0.2, -0.15) is 0 Å². The summed E-state index contributed by atoms with van der Waals surface area (Å²) in [7, 11) is 3.24. The van der Waals surface area contributed by atoms with E-state index in [1.165, 1.54) is 7.11 Å². The fourth-order valence-corrected chi connectivity index (χ4v) is 5.60. The number of carbonyl (C=O) groups excluding carboxylic acids is 3. The predicted molar refractivity (Wildman–Crippen MR) is 143 cm³/mol. The fraction of sp³-hybridized carbons (Fsp3) is 0.607. The first-order valence-electron chi connectivity index (χ1n) is 13.8. The monoisotopic (exact) mass is 547 g/mol. The minimum Gasteiger partial charge on any atom is -0.383 e. The second kappa shape index (κ2) is 12.9. The third kappa shape index (κ3) is 6.41. The maximum absolute atomic E-state index is 14.0. The number of likely N-dealkylation sites (N-methyl/N-ethyl adjacent to an activating group) is 1. The van der Waals surface area contributed by atoms with Crippen molar-refractivity contribution in [3.05, 3.63) is 35.5 Å². The number of carbonyl (C=O) groups is 3. The van der Waals surface area contributed by atoms with Gasteiger partial charge in [0.2, 0.25) is 11.8 Å². The van der Waals surface area contributed by atoms with Crippen molar-refractivity contribution in [1.29, 1.82) is 0 Å². The molecule has 2 atom stereocenters. The van der Waals surface area contributed by atoms with Crippen molar-refractivity contribution in [1.82, 2.24) is 25.0 Å². The minimum atomic E-state index is -0.978. The molecule has 0 radical (unpaired) electrons. The molecule has 2 N–H and O–H groups in total. The van der Waals surface area contributed by atoms with Crippen LogP contribution < -0.4 is 10.6 Å². The van der Waals surface area contributed by atoms with Crippen LogP contribution in [0.15, 0.2) is 18.2 Å². The van der Waals surface area contributed by atoms with Crippen LogP contribution in [-0.2, 0) is 20.9 Å². The average molecular weight is 548 g/mol. The molecule has 2 aromatic rings. The summed E-state index contributed by atoms with van der Waals surface area (Å²) in [5.41, 5.74) is 0.741. The number of piperazine rings is 1. The first-order valence-corrected chi connectivity index (χ1v) is 13.8. The topological polar surface area (TPSA) is 95.9 Å². The fourth-order valence-electron chi connectivity index (χ4n) is 5.60. The van der Waals surface area contributed by atoms with E-state index < -0.39 is 23.7 Å². The Morgan fingerprint density at radius 2 is 1.64 bits per heavy atom. The molecule has 11 heteroatoms. The van der Waals surface area contributed by atoms with Crippen molar-refractivity contribution in [3.63, 3.8) is 0 Å². The van der Waals surface area contributed by atoms with Crippen LogP contribution in [0.1, 0.15) is 49.5 Å². The number of nitrogens with zero attached hydrogens (tertiary/aromatic N) is 3. The zero-order valence-electron chi connectivity index (χ0n) is 23.0. The highest BCUT2D eigenvalue weighted by Gasteiger charge is 2.36. The lowest BCUT2D eigenvalue weighted by Gasteiger charge is -2.39. The second-order valence-corrected chi connectivity index (χ2v) is 10.5. The zero-order chi connectivity index (χ0) is 28.1. The summed E-state index contributed by atoms with van der Waals surface area (Å²) in [4.78, 5) is 43.3. The highest BCUT2D eigenvalue weighted by atomic mass is 19.2. The molecule has 1 saturated carbocycles. The van der Waals surface area contributed by atoms with Gasteiger partial charge in [-0.15, -0.1) is 0 Å². The van der Waals surface area contributed by atoms with E-state index in [1.54, 1.807) is 34.4 Å². The Kier molecular flexibility index (Phi) is 9.55. The Balaban J connectivity index is 1.48. The number of benzene rings is 1. The number of halogens is 2. The first-order chi connectivity index (χ1) is 18.7. The summed E-state index contributed by atoms with van der Waals surface area (Å²) in [6.07, 6.45) is 5.02. The molecule has 2 fully saturated rings. The van der Waals surface area contributed by atoms with E-state index >= 15 is 0 Å². The maximum atomic E-state index is 14.0. The van der Waals surface area contributed by atoms with Crippen LogP contribution in [0, 0.1) is 17.6 Å². The van der Waals surface area contributed by atoms with Crippen molar-refractivity contribution >= 4 is 28.6 Å². The van der Waals surface area contributed by atoms with Gasteiger partial charge in [-0.25, -0.2) is 8.78 Å². The number of hydrogen-bond acceptors (Lipinski definition) is 5. The van der Waals surface area contributed by atoms with Crippen molar-refractivity contribution in [2.75, 3.05) is 46.9 Å². The smallest absolute Gasteiger partial charge is 0.270 e. The van der Waals surface area contributed by atoms with E-state index in [-0.39, 0.29) is 23.6 Å². The Morgan fingerprint density at radius 3 is 2.28 bits per heavy atom.